The number of carbonyl (C=O) groups excluding carboxylic acids is 2. The fraction of sp³-hybridized carbons (Fsp3) is 0.857. The van der Waals surface area contributed by atoms with Crippen molar-refractivity contribution < 1.29 is 44.7 Å². The van der Waals surface area contributed by atoms with Crippen LogP contribution in [-0.4, -0.2) is 74.3 Å². The summed E-state index contributed by atoms with van der Waals surface area (Å²) in [7, 11) is 0. The summed E-state index contributed by atoms with van der Waals surface area (Å²) in [6, 6.07) is 0. The highest BCUT2D eigenvalue weighted by molar-refractivity contribution is 6.07. The lowest BCUT2D eigenvalue weighted by atomic mass is 9.89. The summed E-state index contributed by atoms with van der Waals surface area (Å²) in [5, 5.41) is 47.8. The molecule has 0 saturated heterocycles. The van der Waals surface area contributed by atoms with E-state index in [-0.39, 0.29) is 12.0 Å². The number of esters is 1. The van der Waals surface area contributed by atoms with Crippen molar-refractivity contribution in [1.82, 2.24) is 0 Å². The first-order valence-corrected chi connectivity index (χ1v) is 17.2. The molecular weight excluding hydrogens is 564 g/mol. The number of carboxylic acid groups (broad SMARTS) is 1. The van der Waals surface area contributed by atoms with Gasteiger partial charge in [-0.1, -0.05) is 117 Å². The summed E-state index contributed by atoms with van der Waals surface area (Å²) < 4.78 is 4.94. The average molecular weight is 629 g/mol. The molecule has 7 atom stereocenters. The molecule has 0 aromatic rings. The Labute approximate surface area is 266 Å². The number of aliphatic carboxylic acids is 1. The number of allylic oxidation sites excluding steroid dienone is 2. The lowest BCUT2D eigenvalue weighted by molar-refractivity contribution is -0.176. The molecule has 0 saturated carbocycles. The van der Waals surface area contributed by atoms with Gasteiger partial charge in [0.05, 0.1) is 12.7 Å². The van der Waals surface area contributed by atoms with E-state index in [1.54, 1.807) is 6.92 Å². The summed E-state index contributed by atoms with van der Waals surface area (Å²) in [6.07, 6.45) is 15.7. The number of carbonyl (C=O) groups is 3. The maximum absolute atomic E-state index is 12.8. The molecule has 0 fully saturated rings. The van der Waals surface area contributed by atoms with Crippen LogP contribution in [0.1, 0.15) is 144 Å². The fourth-order valence-electron chi connectivity index (χ4n) is 5.65. The van der Waals surface area contributed by atoms with Crippen LogP contribution in [0.4, 0.5) is 0 Å². The van der Waals surface area contributed by atoms with E-state index in [0.717, 1.165) is 44.9 Å². The number of unbranched alkanes of at least 4 members (excludes halogenated alkanes) is 11. The topological polar surface area (TPSA) is 162 Å². The highest BCUT2D eigenvalue weighted by Gasteiger charge is 2.35. The molecule has 7 unspecified atom stereocenters. The molecule has 0 aliphatic heterocycles. The number of hydrogen-bond donors (Lipinski definition) is 5. The second-order valence-corrected chi connectivity index (χ2v) is 12.9. The van der Waals surface area contributed by atoms with Crippen LogP contribution in [0.5, 0.6) is 0 Å². The van der Waals surface area contributed by atoms with E-state index >= 15 is 0 Å². The van der Waals surface area contributed by atoms with Gasteiger partial charge < -0.3 is 30.3 Å². The van der Waals surface area contributed by atoms with E-state index in [2.05, 4.69) is 13.8 Å². The number of Topliss-reactive ketones (excluding diaryl/α,β-unsaturated/α-hetero) is 1. The van der Waals surface area contributed by atoms with Crippen LogP contribution in [-0.2, 0) is 19.1 Å². The van der Waals surface area contributed by atoms with Crippen molar-refractivity contribution in [2.45, 2.75) is 168 Å². The zero-order valence-corrected chi connectivity index (χ0v) is 28.2. The van der Waals surface area contributed by atoms with E-state index in [9.17, 15) is 34.8 Å². The normalized spacial score (nSPS) is 16.9. The van der Waals surface area contributed by atoms with Crippen LogP contribution in [0.2, 0.25) is 0 Å². The van der Waals surface area contributed by atoms with Crippen LogP contribution >= 0.6 is 0 Å². The summed E-state index contributed by atoms with van der Waals surface area (Å²) in [5.74, 6) is -3.91. The van der Waals surface area contributed by atoms with Crippen LogP contribution in [0.25, 0.3) is 0 Å². The molecule has 0 bridgehead atoms. The predicted octanol–water partition coefficient (Wildman–Crippen LogP) is 6.13. The van der Waals surface area contributed by atoms with Gasteiger partial charge in [0.1, 0.15) is 12.0 Å². The van der Waals surface area contributed by atoms with Gasteiger partial charge in [0, 0.05) is 0 Å². The van der Waals surface area contributed by atoms with Gasteiger partial charge in [-0.05, 0) is 50.5 Å². The minimum Gasteiger partial charge on any atom is -0.479 e. The van der Waals surface area contributed by atoms with Crippen LogP contribution in [0.3, 0.4) is 0 Å². The molecule has 9 heteroatoms. The van der Waals surface area contributed by atoms with Gasteiger partial charge in [0.25, 0.3) is 0 Å². The zero-order chi connectivity index (χ0) is 33.5. The molecule has 0 rings (SSSR count). The minimum absolute atomic E-state index is 0.0987. The lowest BCUT2D eigenvalue weighted by Gasteiger charge is -2.24. The molecule has 258 valence electrons. The van der Waals surface area contributed by atoms with Crippen molar-refractivity contribution in [2.75, 3.05) is 6.61 Å². The summed E-state index contributed by atoms with van der Waals surface area (Å²) in [6.45, 7) is 8.49. The van der Waals surface area contributed by atoms with Crippen LogP contribution in [0.15, 0.2) is 11.6 Å². The molecule has 9 nitrogen and oxygen atoms in total. The van der Waals surface area contributed by atoms with E-state index in [1.165, 1.54) is 71.1 Å². The Hall–Kier alpha value is -1.81. The van der Waals surface area contributed by atoms with Crippen molar-refractivity contribution in [2.24, 2.45) is 17.8 Å². The molecule has 0 aromatic heterocycles. The van der Waals surface area contributed by atoms with Crippen molar-refractivity contribution >= 4 is 17.7 Å². The van der Waals surface area contributed by atoms with Gasteiger partial charge >= 0.3 is 11.9 Å². The Morgan fingerprint density at radius 1 is 0.750 bits per heavy atom. The van der Waals surface area contributed by atoms with E-state index in [1.807, 2.05) is 13.0 Å². The molecule has 0 spiro atoms. The molecule has 0 amide bonds. The van der Waals surface area contributed by atoms with Crippen molar-refractivity contribution in [1.29, 1.82) is 0 Å². The maximum atomic E-state index is 12.8. The average Bonchev–Trinajstić information content (AvgIpc) is 2.98. The smallest absolute Gasteiger partial charge is 0.335 e. The SMILES string of the molecule is CCCCCCCCCCCCCC(O)CCCCC(C)CC(C)C=C(C)C(=O)C(C)C(=O)OC(CO)C(O)C(O)C(=O)O. The highest BCUT2D eigenvalue weighted by Crippen LogP contribution is 2.22. The first-order valence-electron chi connectivity index (χ1n) is 17.2. The van der Waals surface area contributed by atoms with Gasteiger partial charge in [-0.2, -0.15) is 0 Å². The predicted molar refractivity (Wildman–Crippen MR) is 173 cm³/mol. The van der Waals surface area contributed by atoms with E-state index in [0.29, 0.717) is 11.5 Å². The van der Waals surface area contributed by atoms with Gasteiger partial charge in [0.15, 0.2) is 18.0 Å². The Morgan fingerprint density at radius 2 is 1.23 bits per heavy atom. The number of hydrogen-bond acceptors (Lipinski definition) is 8. The second-order valence-electron chi connectivity index (χ2n) is 12.9. The van der Waals surface area contributed by atoms with Gasteiger partial charge in [-0.3, -0.25) is 9.59 Å². The van der Waals surface area contributed by atoms with Crippen molar-refractivity contribution in [3.63, 3.8) is 0 Å². The standard InChI is InChI=1S/C35H64O9/c1-6-7-8-9-10-11-12-13-14-15-16-20-29(37)21-18-17-19-25(2)22-26(3)23-27(4)31(38)28(5)35(43)44-30(24-36)32(39)33(40)34(41)42/h23,25-26,28-30,32-33,36-37,39-40H,6-22,24H2,1-5H3,(H,41,42). The fourth-order valence-corrected chi connectivity index (χ4v) is 5.65. The Kier molecular flexibility index (Phi) is 24.3. The number of ketones is 1. The quantitative estimate of drug-likeness (QED) is 0.0297. The highest BCUT2D eigenvalue weighted by atomic mass is 16.6. The maximum Gasteiger partial charge on any atom is 0.335 e. The third-order valence-electron chi connectivity index (χ3n) is 8.47. The second kappa shape index (κ2) is 25.4. The molecule has 44 heavy (non-hydrogen) atoms. The Bertz CT molecular complexity index is 812. The number of carboxylic acids is 1. The van der Waals surface area contributed by atoms with E-state index < -0.39 is 48.6 Å². The third kappa shape index (κ3) is 19.6. The number of aliphatic hydroxyl groups is 4. The Balaban J connectivity index is 4.25. The largest absolute Gasteiger partial charge is 0.479 e. The molecule has 0 aromatic carbocycles. The van der Waals surface area contributed by atoms with Gasteiger partial charge in [-0.25, -0.2) is 4.79 Å². The first kappa shape index (κ1) is 42.2. The minimum atomic E-state index is -2.25. The van der Waals surface area contributed by atoms with Crippen LogP contribution < -0.4 is 0 Å². The molecule has 5 N–H and O–H groups in total. The van der Waals surface area contributed by atoms with E-state index in [4.69, 9.17) is 9.84 Å². The molecule has 0 aliphatic rings. The summed E-state index contributed by atoms with van der Waals surface area (Å²) in [5.41, 5.74) is 0.395. The molecule has 0 aliphatic carbocycles. The summed E-state index contributed by atoms with van der Waals surface area (Å²) >= 11 is 0. The molecule has 0 radical (unpaired) electrons. The van der Waals surface area contributed by atoms with Crippen LogP contribution in [0, 0.1) is 17.8 Å². The number of aliphatic hydroxyl groups excluding tert-OH is 4. The molecule has 0 heterocycles. The third-order valence-corrected chi connectivity index (χ3v) is 8.47. The molecular formula is C35H64O9. The number of ether oxygens (including phenoxy) is 1. The zero-order valence-electron chi connectivity index (χ0n) is 28.2. The van der Waals surface area contributed by atoms with Gasteiger partial charge in [0.2, 0.25) is 0 Å². The summed E-state index contributed by atoms with van der Waals surface area (Å²) in [4.78, 5) is 36.1. The Morgan fingerprint density at radius 3 is 1.73 bits per heavy atom. The van der Waals surface area contributed by atoms with Crippen molar-refractivity contribution in [3.8, 4) is 0 Å². The monoisotopic (exact) mass is 628 g/mol. The van der Waals surface area contributed by atoms with Gasteiger partial charge in [-0.15, -0.1) is 0 Å². The first-order chi connectivity index (χ1) is 20.8. The number of rotatable bonds is 28. The van der Waals surface area contributed by atoms with Crippen molar-refractivity contribution in [3.05, 3.63) is 11.6 Å². The lowest BCUT2D eigenvalue weighted by Crippen LogP contribution is -2.46.